The number of benzene rings is 1. The molecule has 22 heavy (non-hydrogen) atoms. The Morgan fingerprint density at radius 1 is 1.18 bits per heavy atom. The van der Waals surface area contributed by atoms with Crippen LogP contribution in [-0.2, 0) is 0 Å². The maximum atomic E-state index is 12.4. The number of rotatable bonds is 3. The highest BCUT2D eigenvalue weighted by Crippen LogP contribution is 2.23. The van der Waals surface area contributed by atoms with Gasteiger partial charge < -0.3 is 14.1 Å². The van der Waals surface area contributed by atoms with Crippen molar-refractivity contribution in [2.24, 2.45) is 0 Å². The summed E-state index contributed by atoms with van der Waals surface area (Å²) in [7, 11) is 0. The Balaban J connectivity index is 1.41. The van der Waals surface area contributed by atoms with Gasteiger partial charge in [-0.3, -0.25) is 4.79 Å². The fourth-order valence-electron chi connectivity index (χ4n) is 2.51. The van der Waals surface area contributed by atoms with Crippen LogP contribution in [-0.4, -0.2) is 35.0 Å². The molecule has 3 heterocycles. The summed E-state index contributed by atoms with van der Waals surface area (Å²) in [6.07, 6.45) is 1.67. The average molecular weight is 294 g/mol. The number of pyridine rings is 1. The van der Waals surface area contributed by atoms with Gasteiger partial charge in [0.05, 0.1) is 13.1 Å². The van der Waals surface area contributed by atoms with Crippen LogP contribution in [0.25, 0.3) is 11.0 Å². The molecule has 4 rings (SSSR count). The first kappa shape index (κ1) is 12.9. The van der Waals surface area contributed by atoms with E-state index >= 15 is 0 Å². The molecule has 5 nitrogen and oxygen atoms in total. The molecular weight excluding hydrogens is 280 g/mol. The Morgan fingerprint density at radius 2 is 2.00 bits per heavy atom. The van der Waals surface area contributed by atoms with E-state index in [1.807, 2.05) is 42.5 Å². The highest BCUT2D eigenvalue weighted by atomic mass is 16.5. The summed E-state index contributed by atoms with van der Waals surface area (Å²) >= 11 is 0. The fourth-order valence-corrected chi connectivity index (χ4v) is 2.51. The Kier molecular flexibility index (Phi) is 3.04. The minimum Gasteiger partial charge on any atom is -0.471 e. The van der Waals surface area contributed by atoms with E-state index in [1.54, 1.807) is 17.2 Å². The number of furan rings is 1. The van der Waals surface area contributed by atoms with Gasteiger partial charge in [0.2, 0.25) is 5.88 Å². The average Bonchev–Trinajstić information content (AvgIpc) is 2.95. The Morgan fingerprint density at radius 3 is 2.77 bits per heavy atom. The van der Waals surface area contributed by atoms with Gasteiger partial charge in [0.1, 0.15) is 11.7 Å². The van der Waals surface area contributed by atoms with Crippen molar-refractivity contribution in [3.63, 3.8) is 0 Å². The van der Waals surface area contributed by atoms with E-state index in [0.29, 0.717) is 24.7 Å². The highest BCUT2D eigenvalue weighted by molar-refractivity contribution is 5.96. The Hall–Kier alpha value is -2.82. The van der Waals surface area contributed by atoms with Crippen LogP contribution in [0.15, 0.2) is 59.1 Å². The summed E-state index contributed by atoms with van der Waals surface area (Å²) in [6.45, 7) is 1.10. The lowest BCUT2D eigenvalue weighted by Crippen LogP contribution is -2.56. The van der Waals surface area contributed by atoms with Crippen LogP contribution in [0.5, 0.6) is 5.88 Å². The first-order valence-electron chi connectivity index (χ1n) is 7.15. The molecule has 0 atom stereocenters. The van der Waals surface area contributed by atoms with Gasteiger partial charge in [0, 0.05) is 17.6 Å². The maximum absolute atomic E-state index is 12.4. The molecule has 0 N–H and O–H groups in total. The zero-order valence-corrected chi connectivity index (χ0v) is 11.8. The number of para-hydroxylation sites is 1. The van der Waals surface area contributed by atoms with Crippen molar-refractivity contribution in [3.8, 4) is 5.88 Å². The van der Waals surface area contributed by atoms with E-state index in [1.165, 1.54) is 0 Å². The van der Waals surface area contributed by atoms with E-state index in [-0.39, 0.29) is 12.0 Å². The number of carbonyl (C=O) groups is 1. The monoisotopic (exact) mass is 294 g/mol. The molecule has 0 aliphatic carbocycles. The zero-order valence-electron chi connectivity index (χ0n) is 11.8. The van der Waals surface area contributed by atoms with Crippen LogP contribution in [0.2, 0.25) is 0 Å². The second-order valence-corrected chi connectivity index (χ2v) is 5.27. The van der Waals surface area contributed by atoms with E-state index in [4.69, 9.17) is 9.15 Å². The number of hydrogen-bond donors (Lipinski definition) is 0. The number of amides is 1. The van der Waals surface area contributed by atoms with Crippen LogP contribution in [0.3, 0.4) is 0 Å². The SMILES string of the molecule is O=C(c1cc2ccccc2o1)N1CC(Oc2ccccn2)C1. The van der Waals surface area contributed by atoms with Crippen LogP contribution >= 0.6 is 0 Å². The van der Waals surface area contributed by atoms with Crippen molar-refractivity contribution in [2.75, 3.05) is 13.1 Å². The van der Waals surface area contributed by atoms with Crippen molar-refractivity contribution in [1.29, 1.82) is 0 Å². The Labute approximate surface area is 127 Å². The van der Waals surface area contributed by atoms with Gasteiger partial charge in [0.25, 0.3) is 5.91 Å². The normalized spacial score (nSPS) is 14.8. The topological polar surface area (TPSA) is 55.6 Å². The van der Waals surface area contributed by atoms with Gasteiger partial charge >= 0.3 is 0 Å². The summed E-state index contributed by atoms with van der Waals surface area (Å²) in [5.74, 6) is 0.859. The quantitative estimate of drug-likeness (QED) is 0.745. The predicted molar refractivity (Wildman–Crippen MR) is 80.8 cm³/mol. The van der Waals surface area contributed by atoms with Gasteiger partial charge in [-0.25, -0.2) is 4.98 Å². The largest absolute Gasteiger partial charge is 0.471 e. The summed E-state index contributed by atoms with van der Waals surface area (Å²) < 4.78 is 11.3. The molecule has 5 heteroatoms. The van der Waals surface area contributed by atoms with E-state index in [2.05, 4.69) is 4.98 Å². The molecule has 1 aliphatic rings. The molecular formula is C17H14N2O3. The summed E-state index contributed by atoms with van der Waals surface area (Å²) in [4.78, 5) is 18.2. The van der Waals surface area contributed by atoms with E-state index < -0.39 is 0 Å². The van der Waals surface area contributed by atoms with Gasteiger partial charge in [0.15, 0.2) is 5.76 Å². The zero-order chi connectivity index (χ0) is 14.9. The second-order valence-electron chi connectivity index (χ2n) is 5.27. The molecule has 0 spiro atoms. The van der Waals surface area contributed by atoms with Crippen LogP contribution < -0.4 is 4.74 Å². The lowest BCUT2D eigenvalue weighted by Gasteiger charge is -2.38. The van der Waals surface area contributed by atoms with Gasteiger partial charge in [-0.1, -0.05) is 24.3 Å². The standard InChI is InChI=1S/C17H14N2O3/c20-17(15-9-12-5-1-2-6-14(12)22-15)19-10-13(11-19)21-16-7-3-4-8-18-16/h1-9,13H,10-11H2. The van der Waals surface area contributed by atoms with E-state index in [9.17, 15) is 4.79 Å². The fraction of sp³-hybridized carbons (Fsp3) is 0.176. The van der Waals surface area contributed by atoms with E-state index in [0.717, 1.165) is 11.0 Å². The van der Waals surface area contributed by atoms with Gasteiger partial charge in [-0.05, 0) is 18.2 Å². The molecule has 0 radical (unpaired) electrons. The molecule has 1 amide bonds. The number of carbonyl (C=O) groups excluding carboxylic acids is 1. The summed E-state index contributed by atoms with van der Waals surface area (Å²) in [5, 5.41) is 0.938. The number of fused-ring (bicyclic) bond motifs is 1. The minimum atomic E-state index is -0.0999. The molecule has 1 aliphatic heterocycles. The molecule has 0 bridgehead atoms. The first-order valence-corrected chi connectivity index (χ1v) is 7.15. The third kappa shape index (κ3) is 2.30. The van der Waals surface area contributed by atoms with Crippen molar-refractivity contribution in [3.05, 3.63) is 60.5 Å². The molecule has 1 saturated heterocycles. The van der Waals surface area contributed by atoms with Gasteiger partial charge in [-0.15, -0.1) is 0 Å². The summed E-state index contributed by atoms with van der Waals surface area (Å²) in [5.41, 5.74) is 0.729. The molecule has 0 saturated carbocycles. The molecule has 3 aromatic rings. The lowest BCUT2D eigenvalue weighted by molar-refractivity contribution is 0.0139. The molecule has 0 unspecified atom stereocenters. The summed E-state index contributed by atoms with van der Waals surface area (Å²) in [6, 6.07) is 14.9. The van der Waals surface area contributed by atoms with Crippen LogP contribution in [0.1, 0.15) is 10.6 Å². The molecule has 2 aromatic heterocycles. The third-order valence-corrected chi connectivity index (χ3v) is 3.70. The number of aromatic nitrogens is 1. The van der Waals surface area contributed by atoms with Gasteiger partial charge in [-0.2, -0.15) is 0 Å². The first-order chi connectivity index (χ1) is 10.8. The lowest BCUT2D eigenvalue weighted by atomic mass is 10.1. The molecule has 1 fully saturated rings. The second kappa shape index (κ2) is 5.18. The maximum Gasteiger partial charge on any atom is 0.289 e. The number of ether oxygens (including phenoxy) is 1. The van der Waals surface area contributed by atoms with Crippen molar-refractivity contribution in [2.45, 2.75) is 6.10 Å². The minimum absolute atomic E-state index is 0.0109. The Bertz CT molecular complexity index is 774. The van der Waals surface area contributed by atoms with Crippen molar-refractivity contribution >= 4 is 16.9 Å². The number of hydrogen-bond acceptors (Lipinski definition) is 4. The number of nitrogens with zero attached hydrogens (tertiary/aromatic N) is 2. The van der Waals surface area contributed by atoms with Crippen LogP contribution in [0.4, 0.5) is 0 Å². The molecule has 110 valence electrons. The van der Waals surface area contributed by atoms with Crippen molar-refractivity contribution < 1.29 is 13.9 Å². The van der Waals surface area contributed by atoms with Crippen LogP contribution in [0, 0.1) is 0 Å². The molecule has 1 aromatic carbocycles. The van der Waals surface area contributed by atoms with Crippen molar-refractivity contribution in [1.82, 2.24) is 9.88 Å². The third-order valence-electron chi connectivity index (χ3n) is 3.70. The highest BCUT2D eigenvalue weighted by Gasteiger charge is 2.34. The number of likely N-dealkylation sites (tertiary alicyclic amines) is 1. The smallest absolute Gasteiger partial charge is 0.289 e. The predicted octanol–water partition coefficient (Wildman–Crippen LogP) is 2.73.